The van der Waals surface area contributed by atoms with Gasteiger partial charge in [0.25, 0.3) is 5.69 Å². The summed E-state index contributed by atoms with van der Waals surface area (Å²) in [6.45, 7) is 0. The van der Waals surface area contributed by atoms with E-state index in [1.54, 1.807) is 6.07 Å². The predicted octanol–water partition coefficient (Wildman–Crippen LogP) is 5.50. The van der Waals surface area contributed by atoms with E-state index in [4.69, 9.17) is 4.98 Å². The number of fused-ring (bicyclic) bond motifs is 1. The first-order valence-corrected chi connectivity index (χ1v) is 11.1. The minimum atomic E-state index is -0.523. The maximum Gasteiger partial charge on any atom is 0.270 e. The molecule has 4 rings (SSSR count). The van der Waals surface area contributed by atoms with Crippen molar-refractivity contribution in [1.29, 1.82) is 5.26 Å². The Morgan fingerprint density at radius 1 is 1.16 bits per heavy atom. The van der Waals surface area contributed by atoms with Crippen molar-refractivity contribution in [3.05, 3.63) is 98.2 Å². The third kappa shape index (κ3) is 4.61. The van der Waals surface area contributed by atoms with Crippen LogP contribution in [0.25, 0.3) is 12.2 Å². The number of hydrogen-bond acceptors (Lipinski definition) is 6. The molecule has 2 aromatic carbocycles. The molecule has 0 N–H and O–H groups in total. The number of nitro benzene ring substituents is 1. The highest BCUT2D eigenvalue weighted by Crippen LogP contribution is 2.34. The highest BCUT2D eigenvalue weighted by Gasteiger charge is 2.23. The minimum absolute atomic E-state index is 0.0451. The number of nitro groups is 1. The summed E-state index contributed by atoms with van der Waals surface area (Å²) in [5.41, 5.74) is 4.59. The van der Waals surface area contributed by atoms with Crippen LogP contribution < -0.4 is 0 Å². The van der Waals surface area contributed by atoms with Gasteiger partial charge in [0.1, 0.15) is 11.1 Å². The molecule has 1 aliphatic carbocycles. The quantitative estimate of drug-likeness (QED) is 0.208. The molecule has 0 spiro atoms. The average Bonchev–Trinajstić information content (AvgIpc) is 3.29. The number of aryl methyl sites for hydroxylation is 1. The van der Waals surface area contributed by atoms with Gasteiger partial charge in [-0.15, -0.1) is 0 Å². The molecule has 0 unspecified atom stereocenters. The molecule has 0 radical (unpaired) electrons. The fraction of sp³-hybridized carbons (Fsp3) is 0.160. The number of pyridine rings is 1. The van der Waals surface area contributed by atoms with Crippen LogP contribution in [0, 0.1) is 21.4 Å². The van der Waals surface area contributed by atoms with Crippen molar-refractivity contribution in [1.82, 2.24) is 4.98 Å². The SMILES string of the molecule is N#Cc1c(SCC(=O)c2cccc([N+](=O)[O-])c2)nc2c(c1C=Cc1ccccc1)CCC2. The average molecular weight is 442 g/mol. The van der Waals surface area contributed by atoms with E-state index in [-0.39, 0.29) is 22.8 Å². The van der Waals surface area contributed by atoms with Gasteiger partial charge in [0.15, 0.2) is 5.78 Å². The van der Waals surface area contributed by atoms with Crippen LogP contribution in [0.2, 0.25) is 0 Å². The van der Waals surface area contributed by atoms with Crippen molar-refractivity contribution in [2.24, 2.45) is 0 Å². The molecule has 0 fully saturated rings. The summed E-state index contributed by atoms with van der Waals surface area (Å²) in [5.74, 6) is -0.199. The van der Waals surface area contributed by atoms with Crippen molar-refractivity contribution >= 4 is 35.4 Å². The topological polar surface area (TPSA) is 96.9 Å². The third-order valence-electron chi connectivity index (χ3n) is 5.31. The summed E-state index contributed by atoms with van der Waals surface area (Å²) in [5, 5.41) is 21.4. The zero-order chi connectivity index (χ0) is 22.5. The zero-order valence-corrected chi connectivity index (χ0v) is 18.0. The lowest BCUT2D eigenvalue weighted by atomic mass is 10.0. The number of benzene rings is 2. The van der Waals surface area contributed by atoms with Gasteiger partial charge in [-0.2, -0.15) is 5.26 Å². The molecule has 0 aliphatic heterocycles. The lowest BCUT2D eigenvalue weighted by Crippen LogP contribution is -2.06. The third-order valence-corrected chi connectivity index (χ3v) is 6.28. The Hall–Kier alpha value is -3.76. The molecule has 3 aromatic rings. The number of nitriles is 1. The first-order valence-electron chi connectivity index (χ1n) is 10.2. The number of aromatic nitrogens is 1. The van der Waals surface area contributed by atoms with E-state index in [1.165, 1.54) is 30.0 Å². The fourth-order valence-corrected chi connectivity index (χ4v) is 4.65. The molecule has 0 atom stereocenters. The Balaban J connectivity index is 1.63. The Morgan fingerprint density at radius 2 is 1.97 bits per heavy atom. The maximum absolute atomic E-state index is 12.7. The van der Waals surface area contributed by atoms with E-state index in [0.717, 1.165) is 41.6 Å². The van der Waals surface area contributed by atoms with Crippen LogP contribution in [0.1, 0.15) is 44.7 Å². The summed E-state index contributed by atoms with van der Waals surface area (Å²) in [7, 11) is 0. The largest absolute Gasteiger partial charge is 0.293 e. The van der Waals surface area contributed by atoms with Crippen LogP contribution in [-0.2, 0) is 12.8 Å². The number of carbonyl (C=O) groups excluding carboxylic acids is 1. The molecule has 0 amide bonds. The Labute approximate surface area is 189 Å². The van der Waals surface area contributed by atoms with E-state index in [9.17, 15) is 20.2 Å². The number of Topliss-reactive ketones (excluding diaryl/α,β-unsaturated/α-hetero) is 1. The molecule has 0 saturated carbocycles. The molecule has 1 aromatic heterocycles. The number of ketones is 1. The first-order chi connectivity index (χ1) is 15.6. The van der Waals surface area contributed by atoms with Gasteiger partial charge in [0, 0.05) is 23.4 Å². The second kappa shape index (κ2) is 9.58. The number of non-ortho nitro benzene ring substituents is 1. The fourth-order valence-electron chi connectivity index (χ4n) is 3.74. The minimum Gasteiger partial charge on any atom is -0.293 e. The highest BCUT2D eigenvalue weighted by molar-refractivity contribution is 8.00. The maximum atomic E-state index is 12.7. The molecule has 1 aliphatic rings. The van der Waals surface area contributed by atoms with E-state index < -0.39 is 4.92 Å². The van der Waals surface area contributed by atoms with Crippen LogP contribution in [0.15, 0.2) is 59.6 Å². The molecule has 7 heteroatoms. The smallest absolute Gasteiger partial charge is 0.270 e. The monoisotopic (exact) mass is 441 g/mol. The van der Waals surface area contributed by atoms with Gasteiger partial charge in [0.05, 0.1) is 16.2 Å². The van der Waals surface area contributed by atoms with Crippen LogP contribution >= 0.6 is 11.8 Å². The molecular formula is C25H19N3O3S. The van der Waals surface area contributed by atoms with Crippen LogP contribution in [-0.4, -0.2) is 21.4 Å². The molecule has 158 valence electrons. The zero-order valence-electron chi connectivity index (χ0n) is 17.2. The van der Waals surface area contributed by atoms with E-state index in [2.05, 4.69) is 6.07 Å². The van der Waals surface area contributed by atoms with Crippen LogP contribution in [0.4, 0.5) is 5.69 Å². The van der Waals surface area contributed by atoms with Gasteiger partial charge in [0.2, 0.25) is 0 Å². The van der Waals surface area contributed by atoms with Crippen molar-refractivity contribution in [2.45, 2.75) is 24.3 Å². The molecule has 32 heavy (non-hydrogen) atoms. The summed E-state index contributed by atoms with van der Waals surface area (Å²) in [6.07, 6.45) is 6.66. The summed E-state index contributed by atoms with van der Waals surface area (Å²) in [4.78, 5) is 27.8. The lowest BCUT2D eigenvalue weighted by molar-refractivity contribution is -0.384. The number of nitrogens with zero attached hydrogens (tertiary/aromatic N) is 3. The second-order valence-corrected chi connectivity index (χ2v) is 8.32. The van der Waals surface area contributed by atoms with E-state index in [0.29, 0.717) is 10.6 Å². The van der Waals surface area contributed by atoms with Gasteiger partial charge in [-0.3, -0.25) is 14.9 Å². The molecule has 0 saturated heterocycles. The van der Waals surface area contributed by atoms with Gasteiger partial charge < -0.3 is 0 Å². The standard InChI is InChI=1S/C25H19N3O3S/c26-15-22-20(13-12-17-6-2-1-3-7-17)21-10-5-11-23(21)27-25(22)32-16-24(29)18-8-4-9-19(14-18)28(30)31/h1-4,6-9,12-14H,5,10-11,16H2. The molecule has 6 nitrogen and oxygen atoms in total. The normalized spacial score (nSPS) is 12.5. The molecule has 0 bridgehead atoms. The first kappa shape index (κ1) is 21.5. The van der Waals surface area contributed by atoms with Gasteiger partial charge in [-0.25, -0.2) is 4.98 Å². The second-order valence-electron chi connectivity index (χ2n) is 7.36. The van der Waals surface area contributed by atoms with Crippen LogP contribution in [0.5, 0.6) is 0 Å². The Kier molecular flexibility index (Phi) is 6.43. The number of rotatable bonds is 7. The van der Waals surface area contributed by atoms with Crippen molar-refractivity contribution in [2.75, 3.05) is 5.75 Å². The number of hydrogen-bond donors (Lipinski definition) is 0. The van der Waals surface area contributed by atoms with Gasteiger partial charge >= 0.3 is 0 Å². The van der Waals surface area contributed by atoms with Crippen molar-refractivity contribution in [3.8, 4) is 6.07 Å². The molecule has 1 heterocycles. The van der Waals surface area contributed by atoms with Crippen molar-refractivity contribution < 1.29 is 9.72 Å². The van der Waals surface area contributed by atoms with Gasteiger partial charge in [-0.1, -0.05) is 66.4 Å². The highest BCUT2D eigenvalue weighted by atomic mass is 32.2. The number of thioether (sulfide) groups is 1. The van der Waals surface area contributed by atoms with Crippen molar-refractivity contribution in [3.63, 3.8) is 0 Å². The van der Waals surface area contributed by atoms with Gasteiger partial charge in [-0.05, 0) is 36.0 Å². The number of carbonyl (C=O) groups is 1. The lowest BCUT2D eigenvalue weighted by Gasteiger charge is -2.11. The summed E-state index contributed by atoms with van der Waals surface area (Å²) >= 11 is 1.20. The Morgan fingerprint density at radius 3 is 2.72 bits per heavy atom. The van der Waals surface area contributed by atoms with E-state index >= 15 is 0 Å². The summed E-state index contributed by atoms with van der Waals surface area (Å²) < 4.78 is 0. The van der Waals surface area contributed by atoms with Crippen LogP contribution in [0.3, 0.4) is 0 Å². The molecular weight excluding hydrogens is 422 g/mol. The summed E-state index contributed by atoms with van der Waals surface area (Å²) in [6, 6.07) is 17.8. The van der Waals surface area contributed by atoms with E-state index in [1.807, 2.05) is 42.5 Å². The predicted molar refractivity (Wildman–Crippen MR) is 124 cm³/mol. The Bertz CT molecular complexity index is 1260.